The first kappa shape index (κ1) is 24.9. The van der Waals surface area contributed by atoms with Gasteiger partial charge in [-0.2, -0.15) is 0 Å². The van der Waals surface area contributed by atoms with Crippen LogP contribution in [-0.2, 0) is 9.53 Å². The number of unbranched alkanes of at least 4 members (excludes halogenated alkanes) is 17. The third kappa shape index (κ3) is 21.0. The molecule has 26 heavy (non-hydrogen) atoms. The Hall–Kier alpha value is -1.05. The van der Waals surface area contributed by atoms with Crippen LogP contribution in [0.1, 0.15) is 116 Å². The molecule has 0 aromatic carbocycles. The number of hydrogen-bond acceptors (Lipinski definition) is 2. The van der Waals surface area contributed by atoms with Crippen molar-refractivity contribution in [1.29, 1.82) is 0 Å². The van der Waals surface area contributed by atoms with E-state index in [1.807, 2.05) is 6.08 Å². The summed E-state index contributed by atoms with van der Waals surface area (Å²) < 4.78 is 4.96. The molecule has 0 rings (SSSR count). The van der Waals surface area contributed by atoms with E-state index in [9.17, 15) is 4.79 Å². The lowest BCUT2D eigenvalue weighted by Crippen LogP contribution is -2.01. The third-order valence-corrected chi connectivity index (χ3v) is 4.96. The largest absolute Gasteiger partial charge is 0.463 e. The monoisotopic (exact) mass is 364 g/mol. The maximum atomic E-state index is 10.9. The van der Waals surface area contributed by atoms with Gasteiger partial charge < -0.3 is 4.74 Å². The quantitative estimate of drug-likeness (QED) is 0.0894. The molecule has 0 aromatic rings. The van der Waals surface area contributed by atoms with E-state index in [0.717, 1.165) is 6.42 Å². The number of rotatable bonds is 21. The molecule has 0 amide bonds. The summed E-state index contributed by atoms with van der Waals surface area (Å²) in [6.45, 7) is 7.70. The van der Waals surface area contributed by atoms with Gasteiger partial charge in [0.05, 0.1) is 6.61 Å². The van der Waals surface area contributed by atoms with Crippen LogP contribution in [0.5, 0.6) is 0 Å². The molecule has 0 saturated heterocycles. The predicted molar refractivity (Wildman–Crippen MR) is 114 cm³/mol. The van der Waals surface area contributed by atoms with Gasteiger partial charge in [-0.3, -0.25) is 0 Å². The lowest BCUT2D eigenvalue weighted by molar-refractivity contribution is -0.137. The van der Waals surface area contributed by atoms with Crippen molar-refractivity contribution < 1.29 is 9.53 Å². The fraction of sp³-hybridized carbons (Fsp3) is 0.792. The van der Waals surface area contributed by atoms with Crippen LogP contribution in [-0.4, -0.2) is 12.6 Å². The number of hydrogen-bond donors (Lipinski definition) is 0. The van der Waals surface area contributed by atoms with E-state index < -0.39 is 0 Å². The molecule has 0 aliphatic rings. The standard InChI is InChI=1S/C24H44O2/c1-3-5-6-7-8-9-10-11-12-13-14-15-16-17-18-19-20-21-22-23-26-24(25)4-2/h3-4H,1-2,5-23H2. The molecular formula is C24H44O2. The van der Waals surface area contributed by atoms with Gasteiger partial charge in [-0.25, -0.2) is 4.79 Å². The van der Waals surface area contributed by atoms with Crippen LogP contribution < -0.4 is 0 Å². The van der Waals surface area contributed by atoms with Crippen LogP contribution in [0.4, 0.5) is 0 Å². The molecule has 0 unspecified atom stereocenters. The van der Waals surface area contributed by atoms with Gasteiger partial charge in [-0.15, -0.1) is 6.58 Å². The van der Waals surface area contributed by atoms with E-state index >= 15 is 0 Å². The Morgan fingerprint density at radius 1 is 0.577 bits per heavy atom. The van der Waals surface area contributed by atoms with E-state index in [0.29, 0.717) is 6.61 Å². The van der Waals surface area contributed by atoms with Crippen LogP contribution in [0.3, 0.4) is 0 Å². The van der Waals surface area contributed by atoms with Crippen LogP contribution in [0.15, 0.2) is 25.3 Å². The highest BCUT2D eigenvalue weighted by Crippen LogP contribution is 2.14. The Labute approximate surface area is 163 Å². The highest BCUT2D eigenvalue weighted by molar-refractivity contribution is 5.81. The second-order valence-electron chi connectivity index (χ2n) is 7.46. The van der Waals surface area contributed by atoms with Crippen molar-refractivity contribution in [2.24, 2.45) is 0 Å². The van der Waals surface area contributed by atoms with E-state index in [-0.39, 0.29) is 5.97 Å². The van der Waals surface area contributed by atoms with E-state index in [1.165, 1.54) is 115 Å². The average Bonchev–Trinajstić information content (AvgIpc) is 2.66. The molecule has 0 fully saturated rings. The van der Waals surface area contributed by atoms with Crippen molar-refractivity contribution in [3.8, 4) is 0 Å². The van der Waals surface area contributed by atoms with E-state index in [1.54, 1.807) is 0 Å². The van der Waals surface area contributed by atoms with Gasteiger partial charge in [0.1, 0.15) is 0 Å². The molecule has 152 valence electrons. The second kappa shape index (κ2) is 22.0. The van der Waals surface area contributed by atoms with Gasteiger partial charge in [0.15, 0.2) is 0 Å². The Morgan fingerprint density at radius 2 is 0.923 bits per heavy atom. The van der Waals surface area contributed by atoms with Gasteiger partial charge >= 0.3 is 5.97 Å². The highest BCUT2D eigenvalue weighted by Gasteiger charge is 1.96. The molecule has 0 heterocycles. The van der Waals surface area contributed by atoms with Crippen molar-refractivity contribution >= 4 is 5.97 Å². The summed E-state index contributed by atoms with van der Waals surface area (Å²) in [4.78, 5) is 10.9. The number of esters is 1. The normalized spacial score (nSPS) is 10.6. The SMILES string of the molecule is C=CCCCCCCCCCCCCCCCCCCCOC(=O)C=C. The summed E-state index contributed by atoms with van der Waals surface area (Å²) in [5.41, 5.74) is 0. The van der Waals surface area contributed by atoms with Crippen LogP contribution in [0.2, 0.25) is 0 Å². The van der Waals surface area contributed by atoms with Gasteiger partial charge in [0.25, 0.3) is 0 Å². The average molecular weight is 365 g/mol. The lowest BCUT2D eigenvalue weighted by Gasteiger charge is -2.04. The number of carbonyl (C=O) groups is 1. The molecular weight excluding hydrogens is 320 g/mol. The molecule has 0 radical (unpaired) electrons. The second-order valence-corrected chi connectivity index (χ2v) is 7.46. The molecule has 2 heteroatoms. The summed E-state index contributed by atoms with van der Waals surface area (Å²) in [7, 11) is 0. The highest BCUT2D eigenvalue weighted by atomic mass is 16.5. The first-order chi connectivity index (χ1) is 12.8. The molecule has 0 bridgehead atoms. The molecule has 2 nitrogen and oxygen atoms in total. The summed E-state index contributed by atoms with van der Waals surface area (Å²) in [6, 6.07) is 0. The molecule has 0 aliphatic carbocycles. The van der Waals surface area contributed by atoms with Crippen molar-refractivity contribution in [3.63, 3.8) is 0 Å². The Balaban J connectivity index is 3.02. The maximum absolute atomic E-state index is 10.9. The smallest absolute Gasteiger partial charge is 0.330 e. The number of ether oxygens (including phenoxy) is 1. The summed E-state index contributed by atoms with van der Waals surface area (Å²) >= 11 is 0. The number of carbonyl (C=O) groups excluding carboxylic acids is 1. The van der Waals surface area contributed by atoms with Crippen LogP contribution in [0, 0.1) is 0 Å². The van der Waals surface area contributed by atoms with Crippen LogP contribution >= 0.6 is 0 Å². The molecule has 0 aliphatic heterocycles. The zero-order valence-electron chi connectivity index (χ0n) is 17.3. The van der Waals surface area contributed by atoms with Gasteiger partial charge in [0.2, 0.25) is 0 Å². The molecule has 0 atom stereocenters. The van der Waals surface area contributed by atoms with E-state index in [4.69, 9.17) is 4.74 Å². The summed E-state index contributed by atoms with van der Waals surface area (Å²) in [6.07, 6.45) is 27.4. The Morgan fingerprint density at radius 3 is 1.27 bits per heavy atom. The first-order valence-electron chi connectivity index (χ1n) is 11.2. The third-order valence-electron chi connectivity index (χ3n) is 4.96. The predicted octanol–water partition coefficient (Wildman–Crippen LogP) is 7.92. The molecule has 0 spiro atoms. The minimum Gasteiger partial charge on any atom is -0.463 e. The molecule has 0 aromatic heterocycles. The van der Waals surface area contributed by atoms with Gasteiger partial charge in [-0.05, 0) is 19.3 Å². The van der Waals surface area contributed by atoms with Gasteiger partial charge in [-0.1, -0.05) is 109 Å². The maximum Gasteiger partial charge on any atom is 0.330 e. The summed E-state index contributed by atoms with van der Waals surface area (Å²) in [5.74, 6) is -0.302. The Kier molecular flexibility index (Phi) is 21.1. The van der Waals surface area contributed by atoms with E-state index in [2.05, 4.69) is 13.2 Å². The fourth-order valence-corrected chi connectivity index (χ4v) is 3.27. The fourth-order valence-electron chi connectivity index (χ4n) is 3.27. The Bertz CT molecular complexity index is 322. The minimum atomic E-state index is -0.302. The van der Waals surface area contributed by atoms with Crippen molar-refractivity contribution in [3.05, 3.63) is 25.3 Å². The van der Waals surface area contributed by atoms with Crippen molar-refractivity contribution in [2.45, 2.75) is 116 Å². The molecule has 0 saturated carbocycles. The zero-order valence-corrected chi connectivity index (χ0v) is 17.3. The first-order valence-corrected chi connectivity index (χ1v) is 11.2. The lowest BCUT2D eigenvalue weighted by atomic mass is 10.0. The molecule has 0 N–H and O–H groups in total. The topological polar surface area (TPSA) is 26.3 Å². The number of allylic oxidation sites excluding steroid dienone is 1. The summed E-state index contributed by atoms with van der Waals surface area (Å²) in [5, 5.41) is 0. The minimum absolute atomic E-state index is 0.302. The van der Waals surface area contributed by atoms with Gasteiger partial charge in [0, 0.05) is 6.08 Å². The zero-order chi connectivity index (χ0) is 19.1. The van der Waals surface area contributed by atoms with Crippen molar-refractivity contribution in [2.75, 3.05) is 6.61 Å². The van der Waals surface area contributed by atoms with Crippen LogP contribution in [0.25, 0.3) is 0 Å². The van der Waals surface area contributed by atoms with Crippen molar-refractivity contribution in [1.82, 2.24) is 0 Å².